The number of nitrogens with one attached hydrogen (secondary N) is 1. The number of para-hydroxylation sites is 1. The average molecular weight is 394 g/mol. The van der Waals surface area contributed by atoms with Crippen LogP contribution in [0.2, 0.25) is 0 Å². The molecule has 0 saturated carbocycles. The van der Waals surface area contributed by atoms with Gasteiger partial charge in [-0.25, -0.2) is 4.79 Å². The van der Waals surface area contributed by atoms with Gasteiger partial charge in [0.05, 0.1) is 11.1 Å². The molecule has 9 heteroatoms. The summed E-state index contributed by atoms with van der Waals surface area (Å²) in [6.45, 7) is -2.42. The highest BCUT2D eigenvalue weighted by Gasteiger charge is 2.28. The van der Waals surface area contributed by atoms with Gasteiger partial charge in [0.2, 0.25) is 0 Å². The molecule has 0 fully saturated rings. The van der Waals surface area contributed by atoms with Gasteiger partial charge in [0.1, 0.15) is 6.54 Å². The van der Waals surface area contributed by atoms with Gasteiger partial charge in [-0.05, 0) is 24.3 Å². The molecule has 2 aromatic carbocycles. The lowest BCUT2D eigenvalue weighted by atomic mass is 10.1. The highest BCUT2D eigenvalue weighted by atomic mass is 19.4. The molecule has 0 heterocycles. The van der Waals surface area contributed by atoms with E-state index in [2.05, 4.69) is 0 Å². The number of alkyl halides is 3. The van der Waals surface area contributed by atoms with Crippen molar-refractivity contribution in [3.8, 4) is 0 Å². The SMILES string of the molecule is CN(C(=O)c1ccccc1C(=O)OCC(=O)NCC(F)(F)F)c1ccccc1. The van der Waals surface area contributed by atoms with Crippen molar-refractivity contribution >= 4 is 23.5 Å². The number of anilines is 1. The van der Waals surface area contributed by atoms with E-state index < -0.39 is 37.1 Å². The number of amides is 2. The number of carbonyl (C=O) groups excluding carboxylic acids is 3. The fourth-order valence-corrected chi connectivity index (χ4v) is 2.26. The summed E-state index contributed by atoms with van der Waals surface area (Å²) >= 11 is 0. The Morgan fingerprint density at radius 2 is 1.54 bits per heavy atom. The van der Waals surface area contributed by atoms with Crippen LogP contribution in [0.25, 0.3) is 0 Å². The van der Waals surface area contributed by atoms with Crippen LogP contribution in [0.15, 0.2) is 54.6 Å². The molecule has 2 amide bonds. The Morgan fingerprint density at radius 1 is 0.964 bits per heavy atom. The molecule has 0 radical (unpaired) electrons. The topological polar surface area (TPSA) is 75.7 Å². The van der Waals surface area contributed by atoms with Crippen LogP contribution < -0.4 is 10.2 Å². The zero-order valence-corrected chi connectivity index (χ0v) is 14.8. The van der Waals surface area contributed by atoms with Crippen molar-refractivity contribution in [1.82, 2.24) is 5.32 Å². The van der Waals surface area contributed by atoms with E-state index in [-0.39, 0.29) is 11.1 Å². The predicted molar refractivity (Wildman–Crippen MR) is 95.0 cm³/mol. The maximum Gasteiger partial charge on any atom is 0.405 e. The molecule has 2 rings (SSSR count). The molecule has 6 nitrogen and oxygen atoms in total. The van der Waals surface area contributed by atoms with Gasteiger partial charge in [-0.15, -0.1) is 0 Å². The van der Waals surface area contributed by atoms with Gasteiger partial charge in [0.15, 0.2) is 6.61 Å². The van der Waals surface area contributed by atoms with Crippen LogP contribution in [0.1, 0.15) is 20.7 Å². The summed E-state index contributed by atoms with van der Waals surface area (Å²) in [4.78, 5) is 37.7. The first-order chi connectivity index (χ1) is 13.2. The molecule has 0 unspecified atom stereocenters. The molecule has 0 aliphatic rings. The van der Waals surface area contributed by atoms with Crippen LogP contribution in [0.4, 0.5) is 18.9 Å². The fraction of sp³-hybridized carbons (Fsp3) is 0.211. The number of nitrogens with zero attached hydrogens (tertiary/aromatic N) is 1. The summed E-state index contributed by atoms with van der Waals surface area (Å²) in [6, 6.07) is 14.5. The van der Waals surface area contributed by atoms with Crippen LogP contribution in [-0.4, -0.2) is 44.2 Å². The van der Waals surface area contributed by atoms with Crippen molar-refractivity contribution in [2.75, 3.05) is 25.1 Å². The lowest BCUT2D eigenvalue weighted by molar-refractivity contribution is -0.140. The number of hydrogen-bond acceptors (Lipinski definition) is 4. The number of esters is 1. The largest absolute Gasteiger partial charge is 0.452 e. The van der Waals surface area contributed by atoms with E-state index in [4.69, 9.17) is 4.74 Å². The quantitative estimate of drug-likeness (QED) is 0.765. The summed E-state index contributed by atoms with van der Waals surface area (Å²) in [5.41, 5.74) is 0.538. The van der Waals surface area contributed by atoms with E-state index in [0.29, 0.717) is 5.69 Å². The van der Waals surface area contributed by atoms with Crippen LogP contribution in [0, 0.1) is 0 Å². The standard InChI is InChI=1S/C19H17F3N2O4/c1-24(13-7-3-2-4-8-13)17(26)14-9-5-6-10-15(14)18(27)28-11-16(25)23-12-19(20,21)22/h2-10H,11-12H2,1H3,(H,23,25). The molecule has 0 aliphatic carbocycles. The van der Waals surface area contributed by atoms with Gasteiger partial charge in [-0.2, -0.15) is 13.2 Å². The van der Waals surface area contributed by atoms with Gasteiger partial charge in [-0.3, -0.25) is 9.59 Å². The maximum atomic E-state index is 12.7. The molecule has 0 aromatic heterocycles. The zero-order chi connectivity index (χ0) is 20.7. The fourth-order valence-electron chi connectivity index (χ4n) is 2.26. The van der Waals surface area contributed by atoms with Crippen LogP contribution in [0.3, 0.4) is 0 Å². The van der Waals surface area contributed by atoms with E-state index >= 15 is 0 Å². The second-order valence-corrected chi connectivity index (χ2v) is 5.71. The van der Waals surface area contributed by atoms with Crippen LogP contribution in [-0.2, 0) is 9.53 Å². The first-order valence-electron chi connectivity index (χ1n) is 8.12. The predicted octanol–water partition coefficient (Wildman–Crippen LogP) is 2.80. The smallest absolute Gasteiger partial charge is 0.405 e. The molecule has 0 spiro atoms. The molecule has 0 atom stereocenters. The van der Waals surface area contributed by atoms with E-state index in [9.17, 15) is 27.6 Å². The molecule has 28 heavy (non-hydrogen) atoms. The second-order valence-electron chi connectivity index (χ2n) is 5.71. The highest BCUT2D eigenvalue weighted by molar-refractivity contribution is 6.12. The molecular weight excluding hydrogens is 377 g/mol. The summed E-state index contributed by atoms with van der Waals surface area (Å²) in [7, 11) is 1.53. The summed E-state index contributed by atoms with van der Waals surface area (Å²) < 4.78 is 41.0. The summed E-state index contributed by atoms with van der Waals surface area (Å²) in [6.07, 6.45) is -4.57. The zero-order valence-electron chi connectivity index (χ0n) is 14.8. The Labute approximate surface area is 158 Å². The van der Waals surface area contributed by atoms with Gasteiger partial charge >= 0.3 is 12.1 Å². The first-order valence-corrected chi connectivity index (χ1v) is 8.12. The second kappa shape index (κ2) is 9.03. The third-order valence-corrected chi connectivity index (χ3v) is 3.65. The van der Waals surface area contributed by atoms with Gasteiger partial charge < -0.3 is 15.0 Å². The number of hydrogen-bond donors (Lipinski definition) is 1. The Morgan fingerprint density at radius 3 is 2.14 bits per heavy atom. The molecule has 0 bridgehead atoms. The van der Waals surface area contributed by atoms with Crippen molar-refractivity contribution in [2.45, 2.75) is 6.18 Å². The lowest BCUT2D eigenvalue weighted by Gasteiger charge is -2.18. The minimum Gasteiger partial charge on any atom is -0.452 e. The Bertz CT molecular complexity index is 854. The molecular formula is C19H17F3N2O4. The van der Waals surface area contributed by atoms with E-state index in [1.54, 1.807) is 41.7 Å². The number of ether oxygens (including phenoxy) is 1. The Kier molecular flexibility index (Phi) is 6.75. The highest BCUT2D eigenvalue weighted by Crippen LogP contribution is 2.18. The van der Waals surface area contributed by atoms with E-state index in [0.717, 1.165) is 0 Å². The third kappa shape index (κ3) is 5.83. The summed E-state index contributed by atoms with van der Waals surface area (Å²) in [5.74, 6) is -2.58. The van der Waals surface area contributed by atoms with Crippen molar-refractivity contribution in [3.05, 3.63) is 65.7 Å². The van der Waals surface area contributed by atoms with Crippen molar-refractivity contribution in [1.29, 1.82) is 0 Å². The molecule has 1 N–H and O–H groups in total. The Hall–Kier alpha value is -3.36. The third-order valence-electron chi connectivity index (χ3n) is 3.65. The summed E-state index contributed by atoms with van der Waals surface area (Å²) in [5, 5.41) is 1.59. The molecule has 148 valence electrons. The monoisotopic (exact) mass is 394 g/mol. The number of rotatable bonds is 6. The van der Waals surface area contributed by atoms with Gasteiger partial charge in [-0.1, -0.05) is 30.3 Å². The first kappa shape index (κ1) is 20.9. The van der Waals surface area contributed by atoms with Crippen molar-refractivity contribution < 1.29 is 32.3 Å². The Balaban J connectivity index is 2.07. The van der Waals surface area contributed by atoms with Gasteiger partial charge in [0.25, 0.3) is 11.8 Å². The lowest BCUT2D eigenvalue weighted by Crippen LogP contribution is -2.36. The van der Waals surface area contributed by atoms with Crippen LogP contribution in [0.5, 0.6) is 0 Å². The number of benzene rings is 2. The average Bonchev–Trinajstić information content (AvgIpc) is 2.69. The normalized spacial score (nSPS) is 10.9. The van der Waals surface area contributed by atoms with Crippen molar-refractivity contribution in [2.24, 2.45) is 0 Å². The number of halogens is 3. The maximum absolute atomic E-state index is 12.7. The van der Waals surface area contributed by atoms with Gasteiger partial charge in [0, 0.05) is 12.7 Å². The number of carbonyl (C=O) groups is 3. The molecule has 0 saturated heterocycles. The molecule has 0 aliphatic heterocycles. The minimum atomic E-state index is -4.57. The van der Waals surface area contributed by atoms with Crippen LogP contribution >= 0.6 is 0 Å². The van der Waals surface area contributed by atoms with Crippen molar-refractivity contribution in [3.63, 3.8) is 0 Å². The van der Waals surface area contributed by atoms with E-state index in [1.807, 2.05) is 0 Å². The molecule has 2 aromatic rings. The van der Waals surface area contributed by atoms with E-state index in [1.165, 1.54) is 30.1 Å². The minimum absolute atomic E-state index is 0.0366.